The Morgan fingerprint density at radius 2 is 2.13 bits per heavy atom. The molecule has 0 bridgehead atoms. The zero-order chi connectivity index (χ0) is 16.7. The van der Waals surface area contributed by atoms with Crippen LogP contribution in [-0.4, -0.2) is 34.2 Å². The lowest BCUT2D eigenvalue weighted by molar-refractivity contribution is -0.121. The van der Waals surface area contributed by atoms with E-state index in [1.165, 1.54) is 6.20 Å². The average Bonchev–Trinajstić information content (AvgIpc) is 3.31. The van der Waals surface area contributed by atoms with Gasteiger partial charge < -0.3 is 10.4 Å². The van der Waals surface area contributed by atoms with Crippen molar-refractivity contribution in [3.05, 3.63) is 29.6 Å². The van der Waals surface area contributed by atoms with Crippen LogP contribution in [0.2, 0.25) is 0 Å². The van der Waals surface area contributed by atoms with Crippen LogP contribution >= 0.6 is 0 Å². The number of pyridine rings is 1. The molecule has 23 heavy (non-hydrogen) atoms. The lowest BCUT2D eigenvalue weighted by Gasteiger charge is -2.10. The number of nitrogens with zero attached hydrogens (tertiary/aromatic N) is 3. The number of hydrogen-bond donors (Lipinski definition) is 2. The van der Waals surface area contributed by atoms with Gasteiger partial charge in [0.2, 0.25) is 5.91 Å². The second-order valence-corrected chi connectivity index (χ2v) is 5.30. The Hall–Kier alpha value is -2.75. The molecule has 120 valence electrons. The number of carboxylic acid groups (broad SMARTS) is 1. The Bertz CT molecular complexity index is 658. The minimum atomic E-state index is -1.09. The summed E-state index contributed by atoms with van der Waals surface area (Å²) in [7, 11) is 0. The van der Waals surface area contributed by atoms with Gasteiger partial charge in [0.25, 0.3) is 0 Å². The van der Waals surface area contributed by atoms with Gasteiger partial charge in [-0.25, -0.2) is 9.78 Å². The van der Waals surface area contributed by atoms with E-state index >= 15 is 0 Å². The van der Waals surface area contributed by atoms with Gasteiger partial charge in [-0.2, -0.15) is 10.2 Å². The number of nitrogens with one attached hydrogen (secondary N) is 1. The minimum Gasteiger partial charge on any atom is -0.477 e. The van der Waals surface area contributed by atoms with E-state index in [9.17, 15) is 9.59 Å². The second kappa shape index (κ2) is 7.49. The maximum absolute atomic E-state index is 11.8. The highest BCUT2D eigenvalue weighted by Gasteiger charge is 2.38. The van der Waals surface area contributed by atoms with E-state index in [-0.39, 0.29) is 18.0 Å². The third kappa shape index (κ3) is 4.88. The second-order valence-electron chi connectivity index (χ2n) is 5.30. The highest BCUT2D eigenvalue weighted by Crippen LogP contribution is 2.35. The van der Waals surface area contributed by atoms with Crippen molar-refractivity contribution < 1.29 is 14.7 Å². The zero-order valence-corrected chi connectivity index (χ0v) is 12.7. The Balaban J connectivity index is 1.72. The normalized spacial score (nSPS) is 14.0. The summed E-state index contributed by atoms with van der Waals surface area (Å²) in [6.45, 7) is 0.467. The molecular weight excluding hydrogens is 296 g/mol. The van der Waals surface area contributed by atoms with Gasteiger partial charge in [-0.15, -0.1) is 12.3 Å². The van der Waals surface area contributed by atoms with Gasteiger partial charge in [-0.1, -0.05) is 6.07 Å². The maximum atomic E-state index is 11.8. The molecule has 7 nitrogen and oxygen atoms in total. The van der Waals surface area contributed by atoms with E-state index in [1.54, 1.807) is 12.1 Å². The highest BCUT2D eigenvalue weighted by molar-refractivity contribution is 5.87. The van der Waals surface area contributed by atoms with Crippen LogP contribution in [0.15, 0.2) is 28.6 Å². The van der Waals surface area contributed by atoms with Crippen molar-refractivity contribution in [1.82, 2.24) is 10.3 Å². The fourth-order valence-corrected chi connectivity index (χ4v) is 2.24. The van der Waals surface area contributed by atoms with Crippen molar-refractivity contribution in [3.8, 4) is 12.3 Å². The molecule has 1 aromatic heterocycles. The predicted octanol–water partition coefficient (Wildman–Crippen LogP) is 1.79. The monoisotopic (exact) mass is 314 g/mol. The largest absolute Gasteiger partial charge is 0.477 e. The Kier molecular flexibility index (Phi) is 5.41. The molecule has 2 N–H and O–H groups in total. The molecule has 0 aromatic carbocycles. The number of carbonyl (C=O) groups is 2. The van der Waals surface area contributed by atoms with E-state index in [4.69, 9.17) is 11.5 Å². The summed E-state index contributed by atoms with van der Waals surface area (Å²) in [6, 6.07) is 3.32. The van der Waals surface area contributed by atoms with Crippen LogP contribution in [0, 0.1) is 12.3 Å². The number of carboxylic acids is 1. The average molecular weight is 314 g/mol. The topological polar surface area (TPSA) is 104 Å². The molecule has 2 rings (SSSR count). The summed E-state index contributed by atoms with van der Waals surface area (Å²) in [4.78, 5) is 26.7. The van der Waals surface area contributed by atoms with Crippen molar-refractivity contribution in [2.24, 2.45) is 10.2 Å². The van der Waals surface area contributed by atoms with Crippen LogP contribution in [0.5, 0.6) is 0 Å². The number of aromatic carboxylic acids is 1. The van der Waals surface area contributed by atoms with Crippen molar-refractivity contribution in [1.29, 1.82) is 0 Å². The molecule has 1 amide bonds. The molecule has 0 aliphatic carbocycles. The molecule has 0 spiro atoms. The van der Waals surface area contributed by atoms with Crippen LogP contribution in [0.1, 0.15) is 41.7 Å². The smallest absolute Gasteiger partial charge is 0.354 e. The summed E-state index contributed by atoms with van der Waals surface area (Å²) < 4.78 is 0. The number of rotatable bonds is 9. The summed E-state index contributed by atoms with van der Waals surface area (Å²) in [5, 5.41) is 19.8. The van der Waals surface area contributed by atoms with Gasteiger partial charge in [0, 0.05) is 38.4 Å². The van der Waals surface area contributed by atoms with E-state index < -0.39 is 11.6 Å². The highest BCUT2D eigenvalue weighted by atomic mass is 16.4. The molecule has 0 saturated heterocycles. The zero-order valence-electron chi connectivity index (χ0n) is 12.7. The Morgan fingerprint density at radius 1 is 1.35 bits per heavy atom. The third-order valence-corrected chi connectivity index (χ3v) is 3.62. The van der Waals surface area contributed by atoms with Crippen LogP contribution in [-0.2, 0) is 11.2 Å². The van der Waals surface area contributed by atoms with Gasteiger partial charge in [0.1, 0.15) is 0 Å². The van der Waals surface area contributed by atoms with Gasteiger partial charge in [-0.3, -0.25) is 4.79 Å². The van der Waals surface area contributed by atoms with Crippen molar-refractivity contribution in [2.45, 2.75) is 37.8 Å². The first-order chi connectivity index (χ1) is 11.1. The van der Waals surface area contributed by atoms with Gasteiger partial charge >= 0.3 is 5.97 Å². The van der Waals surface area contributed by atoms with E-state index in [0.717, 1.165) is 0 Å². The molecule has 0 unspecified atom stereocenters. The number of amides is 1. The van der Waals surface area contributed by atoms with Crippen LogP contribution < -0.4 is 5.32 Å². The number of terminal acetylenes is 1. The predicted molar refractivity (Wildman–Crippen MR) is 82.8 cm³/mol. The van der Waals surface area contributed by atoms with Crippen molar-refractivity contribution in [3.63, 3.8) is 0 Å². The fraction of sp³-hybridized carbons (Fsp3) is 0.438. The number of hydrogen-bond acceptors (Lipinski definition) is 5. The standard InChI is InChI=1S/C16H18N4O3/c1-2-3-8-16(19-20-16)9-11-17-13(21)7-6-12-5-4-10-18-14(12)15(22)23/h1,4-5,10H,3,6-9,11H2,(H,17,21)(H,22,23). The van der Waals surface area contributed by atoms with Crippen LogP contribution in [0.3, 0.4) is 0 Å². The fourth-order valence-electron chi connectivity index (χ4n) is 2.24. The van der Waals surface area contributed by atoms with E-state index in [1.807, 2.05) is 0 Å². The summed E-state index contributed by atoms with van der Waals surface area (Å²) in [5.41, 5.74) is 0.136. The molecule has 7 heteroatoms. The quantitative estimate of drug-likeness (QED) is 0.678. The summed E-state index contributed by atoms with van der Waals surface area (Å²) in [5.74, 6) is 1.32. The molecule has 0 radical (unpaired) electrons. The molecule has 2 heterocycles. The van der Waals surface area contributed by atoms with E-state index in [0.29, 0.717) is 37.8 Å². The van der Waals surface area contributed by atoms with Crippen molar-refractivity contribution >= 4 is 11.9 Å². The molecular formula is C16H18N4O3. The molecule has 0 atom stereocenters. The minimum absolute atomic E-state index is 0.0101. The maximum Gasteiger partial charge on any atom is 0.354 e. The van der Waals surface area contributed by atoms with Crippen LogP contribution in [0.4, 0.5) is 0 Å². The first-order valence-electron chi connectivity index (χ1n) is 7.38. The lowest BCUT2D eigenvalue weighted by Crippen LogP contribution is -2.28. The molecule has 1 aromatic rings. The van der Waals surface area contributed by atoms with Gasteiger partial charge in [-0.05, 0) is 18.1 Å². The first kappa shape index (κ1) is 16.6. The Labute approximate surface area is 134 Å². The molecule has 1 aliphatic rings. The molecule has 1 aliphatic heterocycles. The summed E-state index contributed by atoms with van der Waals surface area (Å²) in [6.07, 6.45) is 9.13. The first-order valence-corrected chi connectivity index (χ1v) is 7.38. The number of aromatic nitrogens is 1. The molecule has 0 fully saturated rings. The lowest BCUT2D eigenvalue weighted by atomic mass is 10.0. The number of carbonyl (C=O) groups excluding carboxylic acids is 1. The summed E-state index contributed by atoms with van der Waals surface area (Å²) >= 11 is 0. The van der Waals surface area contributed by atoms with E-state index in [2.05, 4.69) is 26.4 Å². The SMILES string of the molecule is C#CCCC1(CCNC(=O)CCc2cccnc2C(=O)O)N=N1. The third-order valence-electron chi connectivity index (χ3n) is 3.62. The number of aryl methyl sites for hydroxylation is 1. The van der Waals surface area contributed by atoms with Gasteiger partial charge in [0.15, 0.2) is 11.4 Å². The Morgan fingerprint density at radius 3 is 2.78 bits per heavy atom. The molecule has 0 saturated carbocycles. The van der Waals surface area contributed by atoms with Crippen molar-refractivity contribution in [2.75, 3.05) is 6.54 Å². The van der Waals surface area contributed by atoms with Gasteiger partial charge in [0.05, 0.1) is 0 Å². The van der Waals surface area contributed by atoms with Crippen LogP contribution in [0.25, 0.3) is 0 Å².